The molecule has 0 spiro atoms. The summed E-state index contributed by atoms with van der Waals surface area (Å²) in [6.07, 6.45) is 0.877. The van der Waals surface area contributed by atoms with Gasteiger partial charge in [-0.25, -0.2) is 14.4 Å². The van der Waals surface area contributed by atoms with Crippen molar-refractivity contribution in [3.63, 3.8) is 0 Å². The van der Waals surface area contributed by atoms with Crippen molar-refractivity contribution in [3.8, 4) is 0 Å². The zero-order valence-electron chi connectivity index (χ0n) is 38.0. The average molecular weight is 862 g/mol. The molecule has 0 atom stereocenters. The van der Waals surface area contributed by atoms with Crippen molar-refractivity contribution in [1.82, 2.24) is 5.32 Å². The van der Waals surface area contributed by atoms with Crippen LogP contribution < -0.4 is 16.0 Å². The van der Waals surface area contributed by atoms with E-state index in [0.717, 1.165) is 45.1 Å². The fourth-order valence-electron chi connectivity index (χ4n) is 6.57. The Balaban J connectivity index is 1.09. The highest BCUT2D eigenvalue weighted by molar-refractivity contribution is 6.10. The van der Waals surface area contributed by atoms with Gasteiger partial charge in [0.1, 0.15) is 22.6 Å². The number of amidine groups is 1. The van der Waals surface area contributed by atoms with E-state index in [9.17, 15) is 24.0 Å². The molecule has 0 aromatic heterocycles. The Morgan fingerprint density at radius 2 is 1.00 bits per heavy atom. The van der Waals surface area contributed by atoms with E-state index in [1.165, 1.54) is 0 Å². The highest BCUT2D eigenvalue weighted by Crippen LogP contribution is 2.34. The molecule has 2 aliphatic rings. The predicted octanol–water partition coefficient (Wildman–Crippen LogP) is 10.5. The maximum Gasteiger partial charge on any atom is 0.435 e. The van der Waals surface area contributed by atoms with Gasteiger partial charge in [-0.05, 0) is 147 Å². The van der Waals surface area contributed by atoms with Gasteiger partial charge in [-0.15, -0.1) is 0 Å². The number of ether oxygens (including phenoxy) is 3. The first-order valence-corrected chi connectivity index (χ1v) is 21.2. The number of benzene rings is 3. The number of alkyl carbamates (subject to hydrolysis) is 1. The molecule has 5 rings (SSSR count). The Morgan fingerprint density at radius 1 is 0.571 bits per heavy atom. The van der Waals surface area contributed by atoms with Crippen molar-refractivity contribution < 1.29 is 38.2 Å². The van der Waals surface area contributed by atoms with Crippen LogP contribution in [0.4, 0.5) is 37.1 Å². The Morgan fingerprint density at radius 3 is 1.44 bits per heavy atom. The van der Waals surface area contributed by atoms with Crippen LogP contribution in [0.2, 0.25) is 0 Å². The number of hydrogen-bond acceptors (Lipinski definition) is 10. The standard InChI is InChI=1S/C48H59N7O8/c1-29(49-43(58)61-46(2,3)4)13-11-15-41(56)50-34-21-23-36-32(25-34)27-38(52-36)30-17-19-31(20-18-30)39-28-33-26-35(22-24-37(33)53-39)51-42(57)16-12-14-40(54-44(59)62-47(5,6)7)55-45(60)63-48(8,9)10/h17-26H,11-16,27-28H2,1-10H3,(H,50,56)(H,51,57)(H,54,55,59,60). The second-order valence-corrected chi connectivity index (χ2v) is 18.5. The molecular weight excluding hydrogens is 803 g/mol. The van der Waals surface area contributed by atoms with E-state index in [0.29, 0.717) is 49.2 Å². The van der Waals surface area contributed by atoms with E-state index >= 15 is 0 Å². The second kappa shape index (κ2) is 20.1. The molecule has 3 N–H and O–H groups in total. The lowest BCUT2D eigenvalue weighted by Gasteiger charge is -2.20. The molecule has 15 heteroatoms. The third-order valence-corrected chi connectivity index (χ3v) is 9.20. The Bertz CT molecular complexity index is 2360. The number of hydrogen-bond donors (Lipinski definition) is 3. The summed E-state index contributed by atoms with van der Waals surface area (Å²) in [4.78, 5) is 80.0. The first-order valence-electron chi connectivity index (χ1n) is 21.2. The minimum absolute atomic E-state index is 0.0458. The number of nitrogens with zero attached hydrogens (tertiary/aromatic N) is 4. The monoisotopic (exact) mass is 861 g/mol. The van der Waals surface area contributed by atoms with Crippen LogP contribution >= 0.6 is 0 Å². The molecule has 0 saturated heterocycles. The predicted molar refractivity (Wildman–Crippen MR) is 246 cm³/mol. The molecule has 0 unspecified atom stereocenters. The van der Waals surface area contributed by atoms with Gasteiger partial charge in [0.15, 0.2) is 0 Å². The molecule has 0 bridgehead atoms. The van der Waals surface area contributed by atoms with E-state index < -0.39 is 35.1 Å². The van der Waals surface area contributed by atoms with Crippen molar-refractivity contribution >= 4 is 75.8 Å². The van der Waals surface area contributed by atoms with E-state index in [4.69, 9.17) is 24.2 Å². The summed E-state index contributed by atoms with van der Waals surface area (Å²) in [6.45, 7) is 17.4. The van der Waals surface area contributed by atoms with Gasteiger partial charge in [0, 0.05) is 49.2 Å². The van der Waals surface area contributed by atoms with Gasteiger partial charge in [0.2, 0.25) is 11.8 Å². The van der Waals surface area contributed by atoms with Gasteiger partial charge in [-0.2, -0.15) is 9.98 Å². The van der Waals surface area contributed by atoms with E-state index in [1.54, 1.807) is 69.2 Å². The summed E-state index contributed by atoms with van der Waals surface area (Å²) in [7, 11) is 0. The number of nitrogens with one attached hydrogen (secondary N) is 3. The number of carbonyl (C=O) groups is 5. The summed E-state index contributed by atoms with van der Waals surface area (Å²) < 4.78 is 15.8. The maximum atomic E-state index is 13.0. The molecular formula is C48H59N7O8. The highest BCUT2D eigenvalue weighted by Gasteiger charge is 2.23. The molecule has 15 nitrogen and oxygen atoms in total. The van der Waals surface area contributed by atoms with Crippen LogP contribution in [-0.2, 0) is 36.6 Å². The summed E-state index contributed by atoms with van der Waals surface area (Å²) in [5, 5.41) is 8.43. The van der Waals surface area contributed by atoms with Crippen LogP contribution in [0, 0.1) is 0 Å². The van der Waals surface area contributed by atoms with Crippen LogP contribution in [0.1, 0.15) is 130 Å². The fourth-order valence-corrected chi connectivity index (χ4v) is 6.57. The average Bonchev–Trinajstić information content (AvgIpc) is 3.76. The molecule has 0 fully saturated rings. The summed E-state index contributed by atoms with van der Waals surface area (Å²) >= 11 is 0. The molecule has 3 aromatic carbocycles. The van der Waals surface area contributed by atoms with E-state index in [2.05, 4.69) is 25.9 Å². The maximum absolute atomic E-state index is 13.0. The molecule has 2 aliphatic heterocycles. The number of anilines is 2. The van der Waals surface area contributed by atoms with E-state index in [1.807, 2.05) is 60.7 Å². The zero-order chi connectivity index (χ0) is 46.1. The van der Waals surface area contributed by atoms with Crippen molar-refractivity contribution in [2.45, 2.75) is 137 Å². The topological polar surface area (TPSA) is 199 Å². The van der Waals surface area contributed by atoms with Crippen molar-refractivity contribution in [2.24, 2.45) is 20.0 Å². The molecule has 2 heterocycles. The van der Waals surface area contributed by atoms with Gasteiger partial charge >= 0.3 is 18.3 Å². The first-order chi connectivity index (χ1) is 29.5. The Hall–Kier alpha value is -6.51. The number of fused-ring (bicyclic) bond motifs is 2. The van der Waals surface area contributed by atoms with Gasteiger partial charge in [-0.1, -0.05) is 24.3 Å². The minimum Gasteiger partial charge on any atom is -0.444 e. The number of rotatable bonds is 12. The molecule has 0 aliphatic carbocycles. The quantitative estimate of drug-likeness (QED) is 0.0907. The SMILES string of the molecule is CC(CCCC(=O)Nc1ccc2c(c1)CC(c1ccc(C3=Nc4ccc(NC(=O)CCCC(=NC(=O)OC(C)(C)C)NC(=O)OC(C)(C)C)cc4C3)cc1)=N2)=NC(=O)OC(C)(C)C. The van der Waals surface area contributed by atoms with Crippen LogP contribution in [0.5, 0.6) is 0 Å². The second-order valence-electron chi connectivity index (χ2n) is 18.5. The highest BCUT2D eigenvalue weighted by atomic mass is 16.6. The third-order valence-electron chi connectivity index (χ3n) is 9.20. The van der Waals surface area contributed by atoms with Gasteiger partial charge in [-0.3, -0.25) is 24.9 Å². The van der Waals surface area contributed by atoms with Crippen LogP contribution in [0.3, 0.4) is 0 Å². The number of amides is 5. The largest absolute Gasteiger partial charge is 0.444 e. The number of carbonyl (C=O) groups excluding carboxylic acids is 5. The van der Waals surface area contributed by atoms with Gasteiger partial charge in [0.25, 0.3) is 0 Å². The van der Waals surface area contributed by atoms with Gasteiger partial charge in [0.05, 0.1) is 22.8 Å². The van der Waals surface area contributed by atoms with Crippen molar-refractivity contribution in [2.75, 3.05) is 10.6 Å². The van der Waals surface area contributed by atoms with Crippen LogP contribution in [-0.4, -0.2) is 69.9 Å². The van der Waals surface area contributed by atoms with E-state index in [-0.39, 0.29) is 36.9 Å². The Labute approximate surface area is 369 Å². The lowest BCUT2D eigenvalue weighted by molar-refractivity contribution is -0.117. The smallest absolute Gasteiger partial charge is 0.435 e. The normalized spacial score (nSPS) is 13.9. The lowest BCUT2D eigenvalue weighted by atomic mass is 9.99. The fraction of sp³-hybridized carbons (Fsp3) is 0.438. The summed E-state index contributed by atoms with van der Waals surface area (Å²) in [5.41, 5.74) is 7.37. The first kappa shape index (κ1) is 47.5. The summed E-state index contributed by atoms with van der Waals surface area (Å²) in [5.74, 6) is -0.304. The zero-order valence-corrected chi connectivity index (χ0v) is 38.0. The van der Waals surface area contributed by atoms with Crippen LogP contribution in [0.15, 0.2) is 80.6 Å². The third kappa shape index (κ3) is 15.7. The lowest BCUT2D eigenvalue weighted by Crippen LogP contribution is -2.37. The van der Waals surface area contributed by atoms with Crippen molar-refractivity contribution in [1.29, 1.82) is 0 Å². The summed E-state index contributed by atoms with van der Waals surface area (Å²) in [6, 6.07) is 19.5. The minimum atomic E-state index is -0.854. The molecule has 5 amide bonds. The molecule has 0 saturated carbocycles. The Kier molecular flexibility index (Phi) is 15.2. The number of aliphatic imine (C=N–C) groups is 4. The van der Waals surface area contributed by atoms with Gasteiger partial charge < -0.3 is 24.8 Å². The van der Waals surface area contributed by atoms with Crippen LogP contribution in [0.25, 0.3) is 0 Å². The van der Waals surface area contributed by atoms with Crippen molar-refractivity contribution in [3.05, 3.63) is 82.9 Å². The molecule has 3 aromatic rings. The molecule has 334 valence electrons. The molecule has 63 heavy (non-hydrogen) atoms. The molecule has 0 radical (unpaired) electrons.